The maximum absolute atomic E-state index is 12.0. The van der Waals surface area contributed by atoms with E-state index in [4.69, 9.17) is 4.74 Å². The van der Waals surface area contributed by atoms with Gasteiger partial charge in [0.05, 0.1) is 18.4 Å². The molecule has 1 heterocycles. The molecule has 4 rings (SSSR count). The average molecular weight is 265 g/mol. The van der Waals surface area contributed by atoms with Gasteiger partial charge in [0.25, 0.3) is 5.91 Å². The standard InChI is InChI=1S/C16H11NO3/c1-20-15-12(18)7-10-13-11(17-16(10)19)6-8-4-2-3-5-9(8)14(13)15/h2-7,18H,1H3,(H,17,19). The number of benzene rings is 3. The SMILES string of the molecule is COc1c(O)cc2c3c(cc4ccccc4c13)NC2=O. The fraction of sp³-hybridized carbons (Fsp3) is 0.0625. The highest BCUT2D eigenvalue weighted by molar-refractivity contribution is 6.30. The van der Waals surface area contributed by atoms with Gasteiger partial charge in [-0.05, 0) is 22.9 Å². The predicted octanol–water partition coefficient (Wildman–Crippen LogP) is 3.27. The van der Waals surface area contributed by atoms with E-state index in [1.54, 1.807) is 0 Å². The van der Waals surface area contributed by atoms with Crippen molar-refractivity contribution < 1.29 is 14.6 Å². The van der Waals surface area contributed by atoms with Crippen molar-refractivity contribution in [2.24, 2.45) is 0 Å². The number of nitrogens with one attached hydrogen (secondary N) is 1. The highest BCUT2D eigenvalue weighted by atomic mass is 16.5. The molecule has 0 bridgehead atoms. The summed E-state index contributed by atoms with van der Waals surface area (Å²) in [5.41, 5.74) is 1.25. The number of carbonyl (C=O) groups is 1. The number of rotatable bonds is 1. The molecule has 98 valence electrons. The third-order valence-electron chi connectivity index (χ3n) is 3.76. The fourth-order valence-electron chi connectivity index (χ4n) is 2.94. The van der Waals surface area contributed by atoms with Gasteiger partial charge < -0.3 is 15.2 Å². The van der Waals surface area contributed by atoms with Crippen LogP contribution in [0.15, 0.2) is 36.4 Å². The molecule has 20 heavy (non-hydrogen) atoms. The van der Waals surface area contributed by atoms with E-state index >= 15 is 0 Å². The Morgan fingerprint density at radius 3 is 2.75 bits per heavy atom. The molecule has 0 spiro atoms. The second-order valence-corrected chi connectivity index (χ2v) is 4.83. The number of fused-ring (bicyclic) bond motifs is 2. The number of carbonyl (C=O) groups excluding carboxylic acids is 1. The Labute approximate surface area is 114 Å². The lowest BCUT2D eigenvalue weighted by atomic mass is 9.97. The van der Waals surface area contributed by atoms with Gasteiger partial charge in [0.1, 0.15) is 0 Å². The van der Waals surface area contributed by atoms with Crippen molar-refractivity contribution in [1.29, 1.82) is 0 Å². The van der Waals surface area contributed by atoms with Crippen LogP contribution in [0, 0.1) is 0 Å². The molecule has 4 nitrogen and oxygen atoms in total. The van der Waals surface area contributed by atoms with Gasteiger partial charge in [-0.3, -0.25) is 4.79 Å². The minimum Gasteiger partial charge on any atom is -0.504 e. The van der Waals surface area contributed by atoms with Gasteiger partial charge in [0, 0.05) is 10.8 Å². The van der Waals surface area contributed by atoms with E-state index in [1.165, 1.54) is 13.2 Å². The number of amides is 1. The second kappa shape index (κ2) is 3.63. The molecular formula is C16H11NO3. The summed E-state index contributed by atoms with van der Waals surface area (Å²) in [6, 6.07) is 11.2. The molecule has 0 saturated carbocycles. The van der Waals surface area contributed by atoms with Gasteiger partial charge in [0.2, 0.25) is 0 Å². The molecule has 1 aliphatic heterocycles. The number of phenolic OH excluding ortho intramolecular Hbond substituents is 1. The van der Waals surface area contributed by atoms with Crippen LogP contribution in [0.2, 0.25) is 0 Å². The fourth-order valence-corrected chi connectivity index (χ4v) is 2.94. The largest absolute Gasteiger partial charge is 0.504 e. The monoisotopic (exact) mass is 265 g/mol. The van der Waals surface area contributed by atoms with Crippen LogP contribution in [0.5, 0.6) is 11.5 Å². The van der Waals surface area contributed by atoms with Crippen LogP contribution < -0.4 is 10.1 Å². The lowest BCUT2D eigenvalue weighted by Gasteiger charge is -2.11. The van der Waals surface area contributed by atoms with Crippen LogP contribution in [-0.4, -0.2) is 18.1 Å². The van der Waals surface area contributed by atoms with E-state index in [-0.39, 0.29) is 11.7 Å². The smallest absolute Gasteiger partial charge is 0.256 e. The van der Waals surface area contributed by atoms with Crippen LogP contribution in [0.1, 0.15) is 10.4 Å². The predicted molar refractivity (Wildman–Crippen MR) is 77.6 cm³/mol. The van der Waals surface area contributed by atoms with Crippen molar-refractivity contribution in [2.45, 2.75) is 0 Å². The number of anilines is 1. The summed E-state index contributed by atoms with van der Waals surface area (Å²) >= 11 is 0. The van der Waals surface area contributed by atoms with Gasteiger partial charge in [-0.1, -0.05) is 24.3 Å². The number of aromatic hydroxyl groups is 1. The van der Waals surface area contributed by atoms with E-state index in [1.807, 2.05) is 30.3 Å². The minimum atomic E-state index is -0.196. The van der Waals surface area contributed by atoms with Crippen molar-refractivity contribution in [3.05, 3.63) is 42.0 Å². The number of hydrogen-bond donors (Lipinski definition) is 2. The third kappa shape index (κ3) is 1.23. The maximum Gasteiger partial charge on any atom is 0.256 e. The molecular weight excluding hydrogens is 254 g/mol. The Morgan fingerprint density at radius 2 is 1.95 bits per heavy atom. The Kier molecular flexibility index (Phi) is 2.02. The quantitative estimate of drug-likeness (QED) is 0.664. The lowest BCUT2D eigenvalue weighted by Crippen LogP contribution is -2.03. The van der Waals surface area contributed by atoms with Crippen LogP contribution in [0.4, 0.5) is 5.69 Å². The highest BCUT2D eigenvalue weighted by Gasteiger charge is 2.27. The average Bonchev–Trinajstić information content (AvgIpc) is 2.75. The van der Waals surface area contributed by atoms with E-state index < -0.39 is 0 Å². The number of hydrogen-bond acceptors (Lipinski definition) is 3. The summed E-state index contributed by atoms with van der Waals surface area (Å²) in [6.07, 6.45) is 0. The first-order valence-corrected chi connectivity index (χ1v) is 6.27. The van der Waals surface area contributed by atoms with Gasteiger partial charge in [-0.15, -0.1) is 0 Å². The summed E-state index contributed by atoms with van der Waals surface area (Å²) in [5, 5.41) is 16.5. The molecule has 3 aromatic rings. The van der Waals surface area contributed by atoms with Gasteiger partial charge in [-0.2, -0.15) is 0 Å². The van der Waals surface area contributed by atoms with Crippen LogP contribution >= 0.6 is 0 Å². The zero-order valence-electron chi connectivity index (χ0n) is 10.7. The molecule has 0 fully saturated rings. The summed E-state index contributed by atoms with van der Waals surface area (Å²) < 4.78 is 5.35. The summed E-state index contributed by atoms with van der Waals surface area (Å²) in [7, 11) is 1.52. The van der Waals surface area contributed by atoms with E-state index in [0.29, 0.717) is 11.3 Å². The number of phenols is 1. The molecule has 0 saturated heterocycles. The lowest BCUT2D eigenvalue weighted by molar-refractivity contribution is 0.103. The van der Waals surface area contributed by atoms with Gasteiger partial charge in [0.15, 0.2) is 11.5 Å². The third-order valence-corrected chi connectivity index (χ3v) is 3.76. The first-order chi connectivity index (χ1) is 9.70. The molecule has 1 amide bonds. The van der Waals surface area contributed by atoms with E-state index in [0.717, 1.165) is 27.2 Å². The zero-order valence-corrected chi connectivity index (χ0v) is 10.7. The van der Waals surface area contributed by atoms with Crippen molar-refractivity contribution in [2.75, 3.05) is 12.4 Å². The molecule has 1 aliphatic rings. The molecule has 0 radical (unpaired) electrons. The van der Waals surface area contributed by atoms with Gasteiger partial charge >= 0.3 is 0 Å². The summed E-state index contributed by atoms with van der Waals surface area (Å²) in [5.74, 6) is 0.186. The van der Waals surface area contributed by atoms with Crippen LogP contribution in [0.25, 0.3) is 21.5 Å². The summed E-state index contributed by atoms with van der Waals surface area (Å²) in [6.45, 7) is 0. The molecule has 0 aliphatic carbocycles. The van der Waals surface area contributed by atoms with E-state index in [2.05, 4.69) is 5.32 Å². The highest BCUT2D eigenvalue weighted by Crippen LogP contribution is 2.46. The van der Waals surface area contributed by atoms with E-state index in [9.17, 15) is 9.90 Å². The van der Waals surface area contributed by atoms with Crippen LogP contribution in [-0.2, 0) is 0 Å². The molecule has 0 atom stereocenters. The van der Waals surface area contributed by atoms with Crippen molar-refractivity contribution in [3.63, 3.8) is 0 Å². The molecule has 4 heteroatoms. The Bertz CT molecular complexity index is 899. The van der Waals surface area contributed by atoms with Crippen molar-refractivity contribution in [3.8, 4) is 11.5 Å². The normalized spacial score (nSPS) is 12.9. The Morgan fingerprint density at radius 1 is 1.15 bits per heavy atom. The number of ether oxygens (including phenoxy) is 1. The second-order valence-electron chi connectivity index (χ2n) is 4.83. The van der Waals surface area contributed by atoms with Crippen LogP contribution in [0.3, 0.4) is 0 Å². The topological polar surface area (TPSA) is 58.6 Å². The van der Waals surface area contributed by atoms with Crippen molar-refractivity contribution >= 4 is 33.1 Å². The zero-order chi connectivity index (χ0) is 13.9. The summed E-state index contributed by atoms with van der Waals surface area (Å²) in [4.78, 5) is 12.0. The first kappa shape index (κ1) is 11.1. The molecule has 0 aromatic heterocycles. The Balaban J connectivity index is 2.36. The van der Waals surface area contributed by atoms with Crippen molar-refractivity contribution in [1.82, 2.24) is 0 Å². The van der Waals surface area contributed by atoms with Gasteiger partial charge in [-0.25, -0.2) is 0 Å². The molecule has 0 unspecified atom stereocenters. The minimum absolute atomic E-state index is 0.0191. The number of methoxy groups -OCH3 is 1. The Hall–Kier alpha value is -2.75. The molecule has 3 aromatic carbocycles. The first-order valence-electron chi connectivity index (χ1n) is 6.27. The maximum atomic E-state index is 12.0. The molecule has 2 N–H and O–H groups in total.